The number of carbonyl (C=O) groups is 1. The number of benzene rings is 1. The molecule has 1 atom stereocenters. The first-order valence-electron chi connectivity index (χ1n) is 5.51. The minimum atomic E-state index is -0.0820. The molecule has 2 heterocycles. The molecule has 0 aliphatic carbocycles. The van der Waals surface area contributed by atoms with E-state index in [0.717, 1.165) is 28.6 Å². The van der Waals surface area contributed by atoms with E-state index in [0.29, 0.717) is 5.69 Å². The second-order valence-corrected chi connectivity index (χ2v) is 4.26. The van der Waals surface area contributed by atoms with Gasteiger partial charge in [-0.25, -0.2) is 0 Å². The average molecular weight is 229 g/mol. The highest BCUT2D eigenvalue weighted by Gasteiger charge is 2.25. The number of hydrogen-bond donors (Lipinski definition) is 2. The Labute approximate surface area is 99.0 Å². The molecule has 2 aromatic rings. The molecule has 4 nitrogen and oxygen atoms in total. The van der Waals surface area contributed by atoms with Gasteiger partial charge < -0.3 is 15.0 Å². The number of carbonyl (C=O) groups excluding carboxylic acids is 1. The van der Waals surface area contributed by atoms with Crippen molar-refractivity contribution in [3.63, 3.8) is 0 Å². The highest BCUT2D eigenvalue weighted by molar-refractivity contribution is 6.02. The van der Waals surface area contributed by atoms with Crippen molar-refractivity contribution in [3.8, 4) is 5.75 Å². The zero-order chi connectivity index (χ0) is 12.0. The molecule has 2 N–H and O–H groups in total. The summed E-state index contributed by atoms with van der Waals surface area (Å²) in [5.41, 5.74) is 2.64. The predicted octanol–water partition coefficient (Wildman–Crippen LogP) is 1.67. The van der Waals surface area contributed by atoms with E-state index in [-0.39, 0.29) is 11.9 Å². The second-order valence-electron chi connectivity index (χ2n) is 4.26. The van der Waals surface area contributed by atoms with Crippen molar-refractivity contribution in [1.82, 2.24) is 10.3 Å². The Morgan fingerprint density at radius 1 is 1.47 bits per heavy atom. The molecule has 1 aromatic carbocycles. The third-order valence-electron chi connectivity index (χ3n) is 3.13. The van der Waals surface area contributed by atoms with Crippen LogP contribution in [0, 0.1) is 6.92 Å². The fourth-order valence-corrected chi connectivity index (χ4v) is 2.31. The number of aromatic amines is 1. The Hall–Kier alpha value is -1.97. The summed E-state index contributed by atoms with van der Waals surface area (Å²) in [7, 11) is 1.64. The van der Waals surface area contributed by atoms with Crippen LogP contribution in [0.25, 0.3) is 10.9 Å². The first kappa shape index (κ1) is 10.2. The first-order valence-corrected chi connectivity index (χ1v) is 5.51. The van der Waals surface area contributed by atoms with Crippen LogP contribution in [0.5, 0.6) is 5.75 Å². The molecule has 0 bridgehead atoms. The number of fused-ring (bicyclic) bond motifs is 3. The molecule has 17 heavy (non-hydrogen) atoms. The summed E-state index contributed by atoms with van der Waals surface area (Å²) in [6, 6.07) is 5.69. The van der Waals surface area contributed by atoms with Gasteiger partial charge >= 0.3 is 0 Å². The molecule has 0 saturated heterocycles. The van der Waals surface area contributed by atoms with Gasteiger partial charge in [0, 0.05) is 16.9 Å². The maximum absolute atomic E-state index is 11.8. The highest BCUT2D eigenvalue weighted by Crippen LogP contribution is 2.29. The zero-order valence-electron chi connectivity index (χ0n) is 9.54. The van der Waals surface area contributed by atoms with E-state index in [2.05, 4.69) is 17.2 Å². The van der Waals surface area contributed by atoms with Crippen molar-refractivity contribution < 1.29 is 9.53 Å². The van der Waals surface area contributed by atoms with Crippen LogP contribution >= 0.6 is 0 Å². The summed E-state index contributed by atoms with van der Waals surface area (Å²) in [4.78, 5) is 14.9. The smallest absolute Gasteiger partial charge is 0.268 e. The van der Waals surface area contributed by atoms with E-state index in [4.69, 9.17) is 4.74 Å². The number of ether oxygens (including phenoxy) is 1. The predicted molar refractivity (Wildman–Crippen MR) is 65.2 cm³/mol. The van der Waals surface area contributed by atoms with Crippen molar-refractivity contribution in [2.75, 3.05) is 7.11 Å². The molecule has 0 fully saturated rings. The Balaban J connectivity index is 2.26. The Morgan fingerprint density at radius 2 is 2.29 bits per heavy atom. The standard InChI is InChI=1S/C13H13N2O2/c1-7-5-10-9-6-8(17-2)3-4-11(9)15-12(10)13(16)14-7/h3-4,6-7,15H,1,5H2,2H3,(H,14,16). The van der Waals surface area contributed by atoms with Crippen molar-refractivity contribution in [2.24, 2.45) is 0 Å². The number of hydrogen-bond acceptors (Lipinski definition) is 2. The van der Waals surface area contributed by atoms with Gasteiger partial charge in [-0.2, -0.15) is 0 Å². The molecule has 87 valence electrons. The molecule has 4 heteroatoms. The maximum atomic E-state index is 11.8. The number of methoxy groups -OCH3 is 1. The van der Waals surface area contributed by atoms with Crippen molar-refractivity contribution in [2.45, 2.75) is 12.5 Å². The van der Waals surface area contributed by atoms with E-state index >= 15 is 0 Å². The van der Waals surface area contributed by atoms with Gasteiger partial charge in [-0.3, -0.25) is 4.79 Å². The normalized spacial score (nSPS) is 18.9. The van der Waals surface area contributed by atoms with E-state index in [1.165, 1.54) is 0 Å². The third kappa shape index (κ3) is 1.48. The fraction of sp³-hybridized carbons (Fsp3) is 0.231. The van der Waals surface area contributed by atoms with Crippen molar-refractivity contribution >= 4 is 16.8 Å². The minimum absolute atomic E-state index is 0.0693. The summed E-state index contributed by atoms with van der Waals surface area (Å²) in [6.45, 7) is 3.90. The second kappa shape index (κ2) is 3.52. The number of aromatic nitrogens is 1. The third-order valence-corrected chi connectivity index (χ3v) is 3.13. The summed E-state index contributed by atoms with van der Waals surface area (Å²) in [5.74, 6) is 0.715. The van der Waals surface area contributed by atoms with Crippen LogP contribution in [-0.4, -0.2) is 24.0 Å². The quantitative estimate of drug-likeness (QED) is 0.781. The topological polar surface area (TPSA) is 54.1 Å². The fourth-order valence-electron chi connectivity index (χ4n) is 2.31. The molecule has 1 amide bonds. The summed E-state index contributed by atoms with van der Waals surface area (Å²) >= 11 is 0. The molecule has 1 aliphatic rings. The lowest BCUT2D eigenvalue weighted by atomic mass is 9.99. The van der Waals surface area contributed by atoms with Gasteiger partial charge in [0.1, 0.15) is 11.4 Å². The van der Waals surface area contributed by atoms with Crippen molar-refractivity contribution in [3.05, 3.63) is 36.4 Å². The van der Waals surface area contributed by atoms with E-state index in [1.807, 2.05) is 18.2 Å². The SMILES string of the molecule is [CH2]C1Cc2c([nH]c3ccc(OC)cc23)C(=O)N1. The zero-order valence-corrected chi connectivity index (χ0v) is 9.54. The monoisotopic (exact) mass is 229 g/mol. The molecule has 0 saturated carbocycles. The van der Waals surface area contributed by atoms with E-state index in [9.17, 15) is 4.79 Å². The van der Waals surface area contributed by atoms with Crippen LogP contribution in [0.3, 0.4) is 0 Å². The Bertz CT molecular complexity index is 601. The van der Waals surface area contributed by atoms with Gasteiger partial charge in [0.05, 0.1) is 7.11 Å². The molecule has 0 spiro atoms. The summed E-state index contributed by atoms with van der Waals surface area (Å²) in [6.07, 6.45) is 0.744. The van der Waals surface area contributed by atoms with E-state index < -0.39 is 0 Å². The largest absolute Gasteiger partial charge is 0.497 e. The van der Waals surface area contributed by atoms with Crippen LogP contribution in [0.2, 0.25) is 0 Å². The molecule has 1 radical (unpaired) electrons. The minimum Gasteiger partial charge on any atom is -0.497 e. The first-order chi connectivity index (χ1) is 8.19. The van der Waals surface area contributed by atoms with Gasteiger partial charge in [-0.1, -0.05) is 0 Å². The summed E-state index contributed by atoms with van der Waals surface area (Å²) in [5, 5.41) is 3.86. The van der Waals surface area contributed by atoms with Crippen LogP contribution in [0.4, 0.5) is 0 Å². The molecule has 1 unspecified atom stereocenters. The van der Waals surface area contributed by atoms with Crippen molar-refractivity contribution in [1.29, 1.82) is 0 Å². The number of rotatable bonds is 1. The molecule has 1 aliphatic heterocycles. The van der Waals surface area contributed by atoms with E-state index in [1.54, 1.807) is 7.11 Å². The van der Waals surface area contributed by atoms with Gasteiger partial charge in [0.2, 0.25) is 0 Å². The lowest BCUT2D eigenvalue weighted by Crippen LogP contribution is -2.39. The van der Waals surface area contributed by atoms with Gasteiger partial charge in [0.25, 0.3) is 5.91 Å². The molecule has 3 rings (SSSR count). The lowest BCUT2D eigenvalue weighted by Gasteiger charge is -2.19. The van der Waals surface area contributed by atoms with Gasteiger partial charge in [-0.15, -0.1) is 0 Å². The molecular weight excluding hydrogens is 216 g/mol. The van der Waals surface area contributed by atoms with Crippen LogP contribution in [0.15, 0.2) is 18.2 Å². The lowest BCUT2D eigenvalue weighted by molar-refractivity contribution is 0.0930. The Morgan fingerprint density at radius 3 is 3.06 bits per heavy atom. The number of nitrogens with one attached hydrogen (secondary N) is 2. The van der Waals surface area contributed by atoms with Gasteiger partial charge in [-0.05, 0) is 37.1 Å². The molecular formula is C13H13N2O2. The van der Waals surface area contributed by atoms with Crippen LogP contribution in [0.1, 0.15) is 16.1 Å². The van der Waals surface area contributed by atoms with Crippen LogP contribution in [-0.2, 0) is 6.42 Å². The van der Waals surface area contributed by atoms with Gasteiger partial charge in [0.15, 0.2) is 0 Å². The number of H-pyrrole nitrogens is 1. The molecule has 1 aromatic heterocycles. The average Bonchev–Trinajstić information content (AvgIpc) is 2.67. The highest BCUT2D eigenvalue weighted by atomic mass is 16.5. The summed E-state index contributed by atoms with van der Waals surface area (Å²) < 4.78 is 5.21. The maximum Gasteiger partial charge on any atom is 0.268 e. The number of amides is 1. The Kier molecular flexibility index (Phi) is 2.11. The van der Waals surface area contributed by atoms with Crippen LogP contribution < -0.4 is 10.1 Å².